The molecule has 2 aromatic carbocycles. The van der Waals surface area contributed by atoms with Gasteiger partial charge in [0, 0.05) is 30.7 Å². The minimum absolute atomic E-state index is 0.337. The van der Waals surface area contributed by atoms with Crippen LogP contribution >= 0.6 is 0 Å². The molecule has 152 valence electrons. The summed E-state index contributed by atoms with van der Waals surface area (Å²) in [6, 6.07) is 18.4. The number of methoxy groups -OCH3 is 1. The van der Waals surface area contributed by atoms with Crippen LogP contribution in [0.4, 0.5) is 0 Å². The van der Waals surface area contributed by atoms with E-state index in [2.05, 4.69) is 73.0 Å². The van der Waals surface area contributed by atoms with Crippen molar-refractivity contribution < 1.29 is 4.74 Å². The van der Waals surface area contributed by atoms with Crippen molar-refractivity contribution in [3.05, 3.63) is 65.2 Å². The van der Waals surface area contributed by atoms with Gasteiger partial charge in [-0.3, -0.25) is 0 Å². The minimum Gasteiger partial charge on any atom is -0.496 e. The van der Waals surface area contributed by atoms with Crippen LogP contribution in [0, 0.1) is 0 Å². The fourth-order valence-electron chi connectivity index (χ4n) is 4.16. The van der Waals surface area contributed by atoms with Gasteiger partial charge in [-0.15, -0.1) is 0 Å². The van der Waals surface area contributed by atoms with Crippen LogP contribution in [0.5, 0.6) is 5.75 Å². The molecule has 0 aliphatic heterocycles. The zero-order valence-electron chi connectivity index (χ0n) is 17.7. The first-order valence-corrected chi connectivity index (χ1v) is 10.9. The van der Waals surface area contributed by atoms with Crippen LogP contribution in [-0.4, -0.2) is 19.7 Å². The molecule has 0 bridgehead atoms. The molecule has 1 aliphatic rings. The minimum atomic E-state index is 0.337. The number of hydrogen-bond donors (Lipinski definition) is 2. The Labute approximate surface area is 170 Å². The summed E-state index contributed by atoms with van der Waals surface area (Å²) in [4.78, 5) is 0. The lowest BCUT2D eigenvalue weighted by atomic mass is 9.94. The molecule has 0 aromatic heterocycles. The Bertz CT molecular complexity index is 708. The first-order valence-electron chi connectivity index (χ1n) is 10.9. The highest BCUT2D eigenvalue weighted by Gasteiger charge is 2.19. The Morgan fingerprint density at radius 2 is 1.71 bits per heavy atom. The lowest BCUT2D eigenvalue weighted by Crippen LogP contribution is -2.39. The van der Waals surface area contributed by atoms with Gasteiger partial charge in [-0.1, -0.05) is 75.6 Å². The Kier molecular flexibility index (Phi) is 7.93. The van der Waals surface area contributed by atoms with Crippen molar-refractivity contribution in [3.8, 4) is 5.75 Å². The van der Waals surface area contributed by atoms with E-state index < -0.39 is 0 Å². The highest BCUT2D eigenvalue weighted by atomic mass is 16.5. The van der Waals surface area contributed by atoms with Gasteiger partial charge in [0.2, 0.25) is 0 Å². The first-order chi connectivity index (χ1) is 13.7. The molecule has 1 fully saturated rings. The summed E-state index contributed by atoms with van der Waals surface area (Å²) >= 11 is 0. The van der Waals surface area contributed by atoms with Crippen LogP contribution in [0.15, 0.2) is 48.5 Å². The molecule has 1 atom stereocenters. The van der Waals surface area contributed by atoms with E-state index in [0.29, 0.717) is 18.0 Å². The summed E-state index contributed by atoms with van der Waals surface area (Å²) in [6.07, 6.45) is 6.69. The van der Waals surface area contributed by atoms with Crippen molar-refractivity contribution in [2.24, 2.45) is 0 Å². The zero-order valence-corrected chi connectivity index (χ0v) is 17.7. The van der Waals surface area contributed by atoms with Crippen LogP contribution in [-0.2, 0) is 6.54 Å². The summed E-state index contributed by atoms with van der Waals surface area (Å²) in [5.74, 6) is 1.49. The Hall–Kier alpha value is -1.84. The van der Waals surface area contributed by atoms with Gasteiger partial charge in [0.25, 0.3) is 0 Å². The largest absolute Gasteiger partial charge is 0.496 e. The maximum Gasteiger partial charge on any atom is 0.123 e. The van der Waals surface area contributed by atoms with E-state index in [1.807, 2.05) is 0 Å². The average Bonchev–Trinajstić information content (AvgIpc) is 2.74. The summed E-state index contributed by atoms with van der Waals surface area (Å²) in [5, 5.41) is 7.61. The Balaban J connectivity index is 1.65. The standard InChI is InChI=1S/C25H36N2O/c1-19(2)21-14-15-25(28-3)22(16-21)17-26-18-24(20-10-6-4-7-11-20)27-23-12-8-5-9-13-23/h4,6-7,10-11,14-16,19,23-24,26-27H,5,8-9,12-13,17-18H2,1-3H3. The normalized spacial score (nSPS) is 16.3. The molecule has 1 saturated carbocycles. The maximum atomic E-state index is 5.59. The van der Waals surface area contributed by atoms with Gasteiger partial charge >= 0.3 is 0 Å². The molecular weight excluding hydrogens is 344 g/mol. The van der Waals surface area contributed by atoms with Crippen molar-refractivity contribution in [3.63, 3.8) is 0 Å². The molecule has 3 nitrogen and oxygen atoms in total. The van der Waals surface area contributed by atoms with E-state index in [1.54, 1.807) is 7.11 Å². The number of hydrogen-bond acceptors (Lipinski definition) is 3. The molecular formula is C25H36N2O. The smallest absolute Gasteiger partial charge is 0.123 e. The number of ether oxygens (including phenoxy) is 1. The van der Waals surface area contributed by atoms with Crippen molar-refractivity contribution in [1.29, 1.82) is 0 Å². The van der Waals surface area contributed by atoms with E-state index in [9.17, 15) is 0 Å². The second-order valence-corrected chi connectivity index (χ2v) is 8.32. The molecule has 3 heteroatoms. The highest BCUT2D eigenvalue weighted by Crippen LogP contribution is 2.25. The third-order valence-electron chi connectivity index (χ3n) is 5.88. The molecule has 3 rings (SSSR count). The van der Waals surface area contributed by atoms with Crippen LogP contribution in [0.3, 0.4) is 0 Å². The predicted octanol–water partition coefficient (Wildman–Crippen LogP) is 5.57. The van der Waals surface area contributed by atoms with Gasteiger partial charge in [0.05, 0.1) is 7.11 Å². The SMILES string of the molecule is COc1ccc(C(C)C)cc1CNCC(NC1CCCCC1)c1ccccc1. The van der Waals surface area contributed by atoms with E-state index in [-0.39, 0.29) is 0 Å². The summed E-state index contributed by atoms with van der Waals surface area (Å²) in [5.41, 5.74) is 3.96. The monoisotopic (exact) mass is 380 g/mol. The van der Waals surface area contributed by atoms with Gasteiger partial charge in [-0.05, 0) is 36.0 Å². The fraction of sp³-hybridized carbons (Fsp3) is 0.520. The second kappa shape index (κ2) is 10.6. The fourth-order valence-corrected chi connectivity index (χ4v) is 4.16. The molecule has 1 unspecified atom stereocenters. The lowest BCUT2D eigenvalue weighted by molar-refractivity contribution is 0.331. The van der Waals surface area contributed by atoms with E-state index >= 15 is 0 Å². The van der Waals surface area contributed by atoms with Gasteiger partial charge in [-0.25, -0.2) is 0 Å². The first kappa shape index (κ1) is 20.9. The molecule has 0 spiro atoms. The highest BCUT2D eigenvalue weighted by molar-refractivity contribution is 5.38. The third kappa shape index (κ3) is 5.83. The van der Waals surface area contributed by atoms with Gasteiger partial charge in [-0.2, -0.15) is 0 Å². The van der Waals surface area contributed by atoms with Gasteiger partial charge in [0.1, 0.15) is 5.75 Å². The number of benzene rings is 2. The topological polar surface area (TPSA) is 33.3 Å². The molecule has 2 N–H and O–H groups in total. The summed E-state index contributed by atoms with van der Waals surface area (Å²) in [7, 11) is 1.76. The molecule has 0 saturated heterocycles. The maximum absolute atomic E-state index is 5.59. The van der Waals surface area contributed by atoms with Crippen molar-refractivity contribution in [2.45, 2.75) is 70.5 Å². The average molecular weight is 381 g/mol. The van der Waals surface area contributed by atoms with Crippen molar-refractivity contribution >= 4 is 0 Å². The molecule has 1 aliphatic carbocycles. The van der Waals surface area contributed by atoms with E-state index in [0.717, 1.165) is 18.8 Å². The van der Waals surface area contributed by atoms with Crippen LogP contribution in [0.25, 0.3) is 0 Å². The lowest BCUT2D eigenvalue weighted by Gasteiger charge is -2.29. The molecule has 0 radical (unpaired) electrons. The number of rotatable bonds is 9. The Morgan fingerprint density at radius 3 is 2.39 bits per heavy atom. The van der Waals surface area contributed by atoms with Gasteiger partial charge in [0.15, 0.2) is 0 Å². The molecule has 2 aromatic rings. The second-order valence-electron chi connectivity index (χ2n) is 8.32. The van der Waals surface area contributed by atoms with Crippen LogP contribution < -0.4 is 15.4 Å². The van der Waals surface area contributed by atoms with E-state index in [4.69, 9.17) is 4.74 Å². The quantitative estimate of drug-likeness (QED) is 0.596. The molecule has 0 amide bonds. The molecule has 0 heterocycles. The Morgan fingerprint density at radius 1 is 0.964 bits per heavy atom. The summed E-state index contributed by atoms with van der Waals surface area (Å²) < 4.78 is 5.59. The zero-order chi connectivity index (χ0) is 19.8. The van der Waals surface area contributed by atoms with Crippen molar-refractivity contribution in [2.75, 3.05) is 13.7 Å². The molecule has 28 heavy (non-hydrogen) atoms. The summed E-state index contributed by atoms with van der Waals surface area (Å²) in [6.45, 7) is 6.20. The van der Waals surface area contributed by atoms with Crippen molar-refractivity contribution in [1.82, 2.24) is 10.6 Å². The van der Waals surface area contributed by atoms with Crippen LogP contribution in [0.2, 0.25) is 0 Å². The van der Waals surface area contributed by atoms with Gasteiger partial charge < -0.3 is 15.4 Å². The van der Waals surface area contributed by atoms with Crippen LogP contribution in [0.1, 0.15) is 74.6 Å². The van der Waals surface area contributed by atoms with E-state index in [1.165, 1.54) is 48.8 Å². The third-order valence-corrected chi connectivity index (χ3v) is 5.88. The predicted molar refractivity (Wildman–Crippen MR) is 118 cm³/mol. The number of nitrogens with one attached hydrogen (secondary N) is 2.